The number of rotatable bonds is 2. The van der Waals surface area contributed by atoms with Crippen LogP contribution in [0.25, 0.3) is 0 Å². The summed E-state index contributed by atoms with van der Waals surface area (Å²) >= 11 is 0. The van der Waals surface area contributed by atoms with Crippen molar-refractivity contribution in [1.29, 1.82) is 0 Å². The number of fused-ring (bicyclic) bond motifs is 1. The number of hydrogen-bond donors (Lipinski definition) is 0. The molecular weight excluding hydrogens is 174 g/mol. The third kappa shape index (κ3) is 1.70. The first kappa shape index (κ1) is 9.75. The molecule has 0 saturated carbocycles. The van der Waals surface area contributed by atoms with Gasteiger partial charge in [-0.25, -0.2) is 0 Å². The quantitative estimate of drug-likeness (QED) is 0.617. The molecule has 2 atom stereocenters. The van der Waals surface area contributed by atoms with Crippen molar-refractivity contribution >= 4 is 5.91 Å². The van der Waals surface area contributed by atoms with Crippen molar-refractivity contribution in [2.75, 3.05) is 0 Å². The van der Waals surface area contributed by atoms with E-state index in [2.05, 4.69) is 11.5 Å². The van der Waals surface area contributed by atoms with Gasteiger partial charge in [-0.3, -0.25) is 4.79 Å². The number of nitrogens with zero attached hydrogens (tertiary/aromatic N) is 1. The molecule has 0 radical (unpaired) electrons. The van der Waals surface area contributed by atoms with Gasteiger partial charge in [0.25, 0.3) is 0 Å². The Morgan fingerprint density at radius 3 is 3.00 bits per heavy atom. The maximum Gasteiger partial charge on any atom is 0.223 e. The molecule has 2 saturated heterocycles. The average Bonchev–Trinajstić information content (AvgIpc) is 2.47. The smallest absolute Gasteiger partial charge is 0.223 e. The molecule has 0 N–H and O–H groups in total. The SMILES string of the molecule is C=CCC1CCC2CCCCC(=O)N12. The zero-order valence-electron chi connectivity index (χ0n) is 8.74. The highest BCUT2D eigenvalue weighted by molar-refractivity contribution is 5.77. The Morgan fingerprint density at radius 1 is 1.36 bits per heavy atom. The predicted molar refractivity (Wildman–Crippen MR) is 56.9 cm³/mol. The van der Waals surface area contributed by atoms with E-state index in [9.17, 15) is 4.79 Å². The van der Waals surface area contributed by atoms with E-state index in [1.807, 2.05) is 6.08 Å². The minimum absolute atomic E-state index is 0.386. The Hall–Kier alpha value is -0.790. The Balaban J connectivity index is 2.10. The largest absolute Gasteiger partial charge is 0.336 e. The van der Waals surface area contributed by atoms with Crippen LogP contribution in [0.4, 0.5) is 0 Å². The number of carbonyl (C=O) groups is 1. The van der Waals surface area contributed by atoms with E-state index in [1.54, 1.807) is 0 Å². The monoisotopic (exact) mass is 193 g/mol. The predicted octanol–water partition coefficient (Wildman–Crippen LogP) is 2.50. The summed E-state index contributed by atoms with van der Waals surface area (Å²) in [4.78, 5) is 14.0. The van der Waals surface area contributed by atoms with Crippen LogP contribution < -0.4 is 0 Å². The summed E-state index contributed by atoms with van der Waals surface area (Å²) in [6.45, 7) is 3.77. The minimum Gasteiger partial charge on any atom is -0.336 e. The van der Waals surface area contributed by atoms with Gasteiger partial charge >= 0.3 is 0 Å². The van der Waals surface area contributed by atoms with Gasteiger partial charge in [0.2, 0.25) is 5.91 Å². The van der Waals surface area contributed by atoms with Gasteiger partial charge in [0.15, 0.2) is 0 Å². The van der Waals surface area contributed by atoms with Crippen LogP contribution in [0.3, 0.4) is 0 Å². The van der Waals surface area contributed by atoms with E-state index < -0.39 is 0 Å². The van der Waals surface area contributed by atoms with Gasteiger partial charge in [0.05, 0.1) is 0 Å². The van der Waals surface area contributed by atoms with Gasteiger partial charge in [0.1, 0.15) is 0 Å². The summed E-state index contributed by atoms with van der Waals surface area (Å²) < 4.78 is 0. The Labute approximate surface area is 86.0 Å². The molecule has 0 bridgehead atoms. The molecule has 2 rings (SSSR count). The molecule has 0 aromatic carbocycles. The molecule has 0 aromatic rings. The second-order valence-electron chi connectivity index (χ2n) is 4.46. The van der Waals surface area contributed by atoms with Crippen molar-refractivity contribution in [3.63, 3.8) is 0 Å². The summed E-state index contributed by atoms with van der Waals surface area (Å²) in [5.74, 6) is 0.386. The van der Waals surface area contributed by atoms with Crippen molar-refractivity contribution < 1.29 is 4.79 Å². The maximum atomic E-state index is 11.9. The Morgan fingerprint density at radius 2 is 2.21 bits per heavy atom. The fraction of sp³-hybridized carbons (Fsp3) is 0.750. The normalized spacial score (nSPS) is 32.6. The summed E-state index contributed by atoms with van der Waals surface area (Å²) in [6.07, 6.45) is 9.63. The molecule has 78 valence electrons. The highest BCUT2D eigenvalue weighted by atomic mass is 16.2. The van der Waals surface area contributed by atoms with Crippen molar-refractivity contribution in [1.82, 2.24) is 4.90 Å². The molecule has 1 amide bonds. The van der Waals surface area contributed by atoms with E-state index in [4.69, 9.17) is 0 Å². The van der Waals surface area contributed by atoms with E-state index in [-0.39, 0.29) is 0 Å². The zero-order chi connectivity index (χ0) is 9.97. The third-order valence-electron chi connectivity index (χ3n) is 3.52. The molecule has 0 aromatic heterocycles. The minimum atomic E-state index is 0.386. The second kappa shape index (κ2) is 4.16. The molecule has 0 aliphatic carbocycles. The van der Waals surface area contributed by atoms with Crippen molar-refractivity contribution in [2.24, 2.45) is 0 Å². The first-order valence-electron chi connectivity index (χ1n) is 5.75. The van der Waals surface area contributed by atoms with Gasteiger partial charge in [-0.05, 0) is 32.1 Å². The van der Waals surface area contributed by atoms with E-state index in [0.29, 0.717) is 18.0 Å². The van der Waals surface area contributed by atoms with Gasteiger partial charge in [-0.1, -0.05) is 12.5 Å². The number of amides is 1. The average molecular weight is 193 g/mol. The van der Waals surface area contributed by atoms with Crippen LogP contribution in [-0.2, 0) is 4.79 Å². The molecule has 2 aliphatic heterocycles. The topological polar surface area (TPSA) is 20.3 Å². The van der Waals surface area contributed by atoms with Crippen LogP contribution in [-0.4, -0.2) is 22.9 Å². The first-order valence-corrected chi connectivity index (χ1v) is 5.75. The van der Waals surface area contributed by atoms with E-state index in [1.165, 1.54) is 25.7 Å². The summed E-state index contributed by atoms with van der Waals surface area (Å²) in [6, 6.07) is 1.01. The van der Waals surface area contributed by atoms with Gasteiger partial charge < -0.3 is 4.90 Å². The third-order valence-corrected chi connectivity index (χ3v) is 3.52. The second-order valence-corrected chi connectivity index (χ2v) is 4.46. The number of hydrogen-bond acceptors (Lipinski definition) is 1. The van der Waals surface area contributed by atoms with Crippen LogP contribution in [0.2, 0.25) is 0 Å². The molecule has 2 heteroatoms. The fourth-order valence-corrected chi connectivity index (χ4v) is 2.86. The van der Waals surface area contributed by atoms with Crippen LogP contribution >= 0.6 is 0 Å². The molecule has 2 aliphatic rings. The van der Waals surface area contributed by atoms with Crippen LogP contribution in [0, 0.1) is 0 Å². The highest BCUT2D eigenvalue weighted by Gasteiger charge is 2.36. The molecular formula is C12H19NO. The Bertz CT molecular complexity index is 236. The lowest BCUT2D eigenvalue weighted by Gasteiger charge is -2.28. The zero-order valence-corrected chi connectivity index (χ0v) is 8.74. The molecule has 14 heavy (non-hydrogen) atoms. The first-order chi connectivity index (χ1) is 6.83. The molecule has 0 spiro atoms. The summed E-state index contributed by atoms with van der Waals surface area (Å²) in [7, 11) is 0. The fourth-order valence-electron chi connectivity index (χ4n) is 2.86. The lowest BCUT2D eigenvalue weighted by Crippen LogP contribution is -2.39. The number of carbonyl (C=O) groups excluding carboxylic acids is 1. The van der Waals surface area contributed by atoms with Gasteiger partial charge in [-0.2, -0.15) is 0 Å². The lowest BCUT2D eigenvalue weighted by molar-refractivity contribution is -0.133. The highest BCUT2D eigenvalue weighted by Crippen LogP contribution is 2.32. The van der Waals surface area contributed by atoms with Crippen LogP contribution in [0.1, 0.15) is 44.9 Å². The lowest BCUT2D eigenvalue weighted by atomic mass is 10.1. The molecule has 2 fully saturated rings. The van der Waals surface area contributed by atoms with Gasteiger partial charge in [-0.15, -0.1) is 6.58 Å². The van der Waals surface area contributed by atoms with Crippen LogP contribution in [0.5, 0.6) is 0 Å². The Kier molecular flexibility index (Phi) is 2.90. The summed E-state index contributed by atoms with van der Waals surface area (Å²) in [5, 5.41) is 0. The molecule has 2 nitrogen and oxygen atoms in total. The maximum absolute atomic E-state index is 11.9. The van der Waals surface area contributed by atoms with Crippen molar-refractivity contribution in [3.8, 4) is 0 Å². The van der Waals surface area contributed by atoms with Crippen molar-refractivity contribution in [3.05, 3.63) is 12.7 Å². The van der Waals surface area contributed by atoms with Gasteiger partial charge in [0, 0.05) is 18.5 Å². The van der Waals surface area contributed by atoms with E-state index >= 15 is 0 Å². The molecule has 2 unspecified atom stereocenters. The standard InChI is InChI=1S/C12H19NO/c1-2-5-10-8-9-11-6-3-4-7-12(14)13(10)11/h2,10-11H,1,3-9H2. The van der Waals surface area contributed by atoms with Crippen LogP contribution in [0.15, 0.2) is 12.7 Å². The van der Waals surface area contributed by atoms with E-state index in [0.717, 1.165) is 19.3 Å². The summed E-state index contributed by atoms with van der Waals surface area (Å²) in [5.41, 5.74) is 0. The van der Waals surface area contributed by atoms with Crippen molar-refractivity contribution in [2.45, 2.75) is 57.0 Å². The molecule has 2 heterocycles.